The van der Waals surface area contributed by atoms with Crippen LogP contribution in [-0.2, 0) is 5.41 Å². The number of fused-ring (bicyclic) bond motifs is 1. The topological polar surface area (TPSA) is 21.3 Å². The molecule has 80 valence electrons. The smallest absolute Gasteiger partial charge is 0.137 e. The highest BCUT2D eigenvalue weighted by molar-refractivity contribution is 6.32. The third-order valence-corrected chi connectivity index (χ3v) is 4.09. The van der Waals surface area contributed by atoms with Gasteiger partial charge in [-0.15, -0.1) is 0 Å². The summed E-state index contributed by atoms with van der Waals surface area (Å²) in [7, 11) is 1.65. The van der Waals surface area contributed by atoms with Crippen molar-refractivity contribution in [1.29, 1.82) is 0 Å². The predicted octanol–water partition coefficient (Wildman–Crippen LogP) is 2.21. The zero-order chi connectivity index (χ0) is 10.5. The van der Waals surface area contributed by atoms with Crippen molar-refractivity contribution < 1.29 is 4.74 Å². The molecule has 2 fully saturated rings. The van der Waals surface area contributed by atoms with E-state index in [9.17, 15) is 0 Å². The summed E-state index contributed by atoms with van der Waals surface area (Å²) < 4.78 is 5.16. The number of nitrogens with one attached hydrogen (secondary N) is 1. The summed E-state index contributed by atoms with van der Waals surface area (Å²) in [5.74, 6) is 1.59. The van der Waals surface area contributed by atoms with Crippen LogP contribution in [0.25, 0.3) is 0 Å². The van der Waals surface area contributed by atoms with Gasteiger partial charge in [0.15, 0.2) is 0 Å². The predicted molar refractivity (Wildman–Crippen MR) is 60.7 cm³/mol. The molecule has 0 bridgehead atoms. The summed E-state index contributed by atoms with van der Waals surface area (Å²) in [6, 6.07) is 6.19. The van der Waals surface area contributed by atoms with Crippen molar-refractivity contribution in [3.63, 3.8) is 0 Å². The van der Waals surface area contributed by atoms with Crippen LogP contribution in [0.1, 0.15) is 12.0 Å². The van der Waals surface area contributed by atoms with E-state index in [1.165, 1.54) is 12.0 Å². The van der Waals surface area contributed by atoms with Gasteiger partial charge in [0.1, 0.15) is 5.75 Å². The van der Waals surface area contributed by atoms with Crippen LogP contribution in [0.2, 0.25) is 5.02 Å². The molecule has 3 rings (SSSR count). The first-order valence-corrected chi connectivity index (χ1v) is 5.69. The number of methoxy groups -OCH3 is 1. The Hall–Kier alpha value is -0.730. The second-order valence-electron chi connectivity index (χ2n) is 4.54. The van der Waals surface area contributed by atoms with E-state index < -0.39 is 0 Å². The van der Waals surface area contributed by atoms with Crippen LogP contribution < -0.4 is 10.1 Å². The van der Waals surface area contributed by atoms with Gasteiger partial charge in [0.05, 0.1) is 12.1 Å². The summed E-state index contributed by atoms with van der Waals surface area (Å²) in [4.78, 5) is 0. The monoisotopic (exact) mass is 223 g/mol. The third kappa shape index (κ3) is 1.28. The Morgan fingerprint density at radius 2 is 2.40 bits per heavy atom. The number of rotatable bonds is 2. The molecule has 2 atom stereocenters. The van der Waals surface area contributed by atoms with Crippen LogP contribution in [0.4, 0.5) is 0 Å². The van der Waals surface area contributed by atoms with Crippen LogP contribution >= 0.6 is 11.6 Å². The second-order valence-corrected chi connectivity index (χ2v) is 4.94. The maximum atomic E-state index is 6.14. The van der Waals surface area contributed by atoms with Crippen molar-refractivity contribution in [1.82, 2.24) is 5.32 Å². The summed E-state index contributed by atoms with van der Waals surface area (Å²) in [6.45, 7) is 2.25. The van der Waals surface area contributed by atoms with E-state index in [2.05, 4.69) is 17.4 Å². The normalized spacial score (nSPS) is 32.5. The molecule has 1 N–H and O–H groups in total. The van der Waals surface area contributed by atoms with Gasteiger partial charge in [0.25, 0.3) is 0 Å². The SMILES string of the molecule is COc1ccc([C@]23CNC[C@H]2C3)cc1Cl. The van der Waals surface area contributed by atoms with E-state index in [0.717, 1.165) is 29.8 Å². The molecule has 0 spiro atoms. The third-order valence-electron chi connectivity index (χ3n) is 3.79. The number of ether oxygens (including phenoxy) is 1. The van der Waals surface area contributed by atoms with E-state index in [-0.39, 0.29) is 0 Å². The largest absolute Gasteiger partial charge is 0.495 e. The summed E-state index contributed by atoms with van der Waals surface area (Å²) in [6.07, 6.45) is 1.31. The average Bonchev–Trinajstić information content (AvgIpc) is 2.82. The number of hydrogen-bond donors (Lipinski definition) is 1. The van der Waals surface area contributed by atoms with E-state index in [0.29, 0.717) is 5.41 Å². The molecule has 2 aliphatic rings. The van der Waals surface area contributed by atoms with E-state index >= 15 is 0 Å². The molecule has 1 saturated carbocycles. The van der Waals surface area contributed by atoms with E-state index in [1.807, 2.05) is 6.07 Å². The minimum absolute atomic E-state index is 0.385. The number of piperidine rings is 1. The van der Waals surface area contributed by atoms with Gasteiger partial charge in [0.2, 0.25) is 0 Å². The van der Waals surface area contributed by atoms with Crippen LogP contribution in [0.3, 0.4) is 0 Å². The summed E-state index contributed by atoms with van der Waals surface area (Å²) in [5, 5.41) is 4.16. The lowest BCUT2D eigenvalue weighted by Crippen LogP contribution is -2.19. The molecular weight excluding hydrogens is 210 g/mol. The number of hydrogen-bond acceptors (Lipinski definition) is 2. The Morgan fingerprint density at radius 3 is 2.93 bits per heavy atom. The molecule has 2 nitrogen and oxygen atoms in total. The van der Waals surface area contributed by atoms with Crippen LogP contribution in [0.5, 0.6) is 5.75 Å². The van der Waals surface area contributed by atoms with Gasteiger partial charge in [-0.2, -0.15) is 0 Å². The molecule has 3 heteroatoms. The highest BCUT2D eigenvalue weighted by Crippen LogP contribution is 2.56. The molecule has 1 saturated heterocycles. The zero-order valence-corrected chi connectivity index (χ0v) is 9.47. The maximum absolute atomic E-state index is 6.14. The van der Waals surface area contributed by atoms with E-state index in [4.69, 9.17) is 16.3 Å². The number of benzene rings is 1. The standard InChI is InChI=1S/C12H14ClNO/c1-15-11-3-2-8(4-10(11)13)12-5-9(12)6-14-7-12/h2-4,9,14H,5-7H2,1H3/t9-,12+/m1/s1. The van der Waals surface area contributed by atoms with Gasteiger partial charge >= 0.3 is 0 Å². The van der Waals surface area contributed by atoms with Gasteiger partial charge in [0, 0.05) is 12.0 Å². The van der Waals surface area contributed by atoms with Crippen molar-refractivity contribution in [2.45, 2.75) is 11.8 Å². The van der Waals surface area contributed by atoms with Crippen molar-refractivity contribution in [2.75, 3.05) is 20.2 Å². The molecular formula is C12H14ClNO. The molecule has 0 aromatic heterocycles. The second kappa shape index (κ2) is 3.13. The van der Waals surface area contributed by atoms with Crippen molar-refractivity contribution in [2.24, 2.45) is 5.92 Å². The van der Waals surface area contributed by atoms with Crippen molar-refractivity contribution in [3.05, 3.63) is 28.8 Å². The Bertz CT molecular complexity index is 407. The lowest BCUT2D eigenvalue weighted by atomic mass is 9.95. The summed E-state index contributed by atoms with van der Waals surface area (Å²) >= 11 is 6.14. The van der Waals surface area contributed by atoms with Gasteiger partial charge in [-0.3, -0.25) is 0 Å². The van der Waals surface area contributed by atoms with Crippen LogP contribution in [0.15, 0.2) is 18.2 Å². The zero-order valence-electron chi connectivity index (χ0n) is 8.72. The van der Waals surface area contributed by atoms with Crippen LogP contribution in [-0.4, -0.2) is 20.2 Å². The van der Waals surface area contributed by atoms with Crippen LogP contribution in [0, 0.1) is 5.92 Å². The molecule has 1 aromatic rings. The molecule has 1 aromatic carbocycles. The highest BCUT2D eigenvalue weighted by atomic mass is 35.5. The lowest BCUT2D eigenvalue weighted by Gasteiger charge is -2.13. The Balaban J connectivity index is 1.97. The van der Waals surface area contributed by atoms with Gasteiger partial charge in [-0.25, -0.2) is 0 Å². The summed E-state index contributed by atoms with van der Waals surface area (Å²) in [5.41, 5.74) is 1.75. The first-order valence-electron chi connectivity index (χ1n) is 5.31. The van der Waals surface area contributed by atoms with Gasteiger partial charge in [-0.05, 0) is 36.6 Å². The lowest BCUT2D eigenvalue weighted by molar-refractivity contribution is 0.414. The molecule has 1 heterocycles. The Labute approximate surface area is 94.6 Å². The highest BCUT2D eigenvalue weighted by Gasteiger charge is 2.58. The number of halogens is 1. The fourth-order valence-electron chi connectivity index (χ4n) is 2.77. The Morgan fingerprint density at radius 1 is 1.53 bits per heavy atom. The average molecular weight is 224 g/mol. The van der Waals surface area contributed by atoms with Crippen molar-refractivity contribution >= 4 is 11.6 Å². The quantitative estimate of drug-likeness (QED) is 0.830. The fourth-order valence-corrected chi connectivity index (χ4v) is 3.02. The Kier molecular flexibility index (Phi) is 1.98. The molecule has 0 radical (unpaired) electrons. The molecule has 0 unspecified atom stereocenters. The first-order chi connectivity index (χ1) is 7.26. The van der Waals surface area contributed by atoms with E-state index in [1.54, 1.807) is 7.11 Å². The fraction of sp³-hybridized carbons (Fsp3) is 0.500. The molecule has 1 aliphatic carbocycles. The minimum Gasteiger partial charge on any atom is -0.495 e. The first kappa shape index (κ1) is 9.49. The molecule has 15 heavy (non-hydrogen) atoms. The van der Waals surface area contributed by atoms with Gasteiger partial charge in [-0.1, -0.05) is 17.7 Å². The van der Waals surface area contributed by atoms with Gasteiger partial charge < -0.3 is 10.1 Å². The minimum atomic E-state index is 0.385. The van der Waals surface area contributed by atoms with Crippen molar-refractivity contribution in [3.8, 4) is 5.75 Å². The molecule has 0 amide bonds. The molecule has 1 aliphatic heterocycles. The maximum Gasteiger partial charge on any atom is 0.137 e.